The Kier molecular flexibility index (Phi) is 5.35. The summed E-state index contributed by atoms with van der Waals surface area (Å²) in [7, 11) is 4.06. The monoisotopic (exact) mass is 271 g/mol. The number of hydrogen-bond acceptors (Lipinski definition) is 4. The second-order valence-corrected chi connectivity index (χ2v) is 5.55. The highest BCUT2D eigenvalue weighted by Crippen LogP contribution is 2.24. The van der Waals surface area contributed by atoms with Gasteiger partial charge in [-0.1, -0.05) is 24.9 Å². The molecular formula is C13H22ClN3O. The van der Waals surface area contributed by atoms with E-state index in [9.17, 15) is 0 Å². The number of likely N-dealkylation sites (N-methyl/N-ethyl adjacent to an activating group) is 1. The third kappa shape index (κ3) is 3.82. The van der Waals surface area contributed by atoms with Crippen LogP contribution in [0, 0.1) is 0 Å². The van der Waals surface area contributed by atoms with Crippen molar-refractivity contribution in [2.75, 3.05) is 20.7 Å². The molecule has 102 valence electrons. The third-order valence-electron chi connectivity index (χ3n) is 3.13. The average Bonchev–Trinajstić information content (AvgIpc) is 2.30. The molecule has 1 aromatic rings. The van der Waals surface area contributed by atoms with Crippen molar-refractivity contribution < 1.29 is 4.74 Å². The minimum atomic E-state index is -0.0547. The van der Waals surface area contributed by atoms with Crippen LogP contribution in [-0.2, 0) is 6.42 Å². The van der Waals surface area contributed by atoms with Gasteiger partial charge in [0.25, 0.3) is 0 Å². The Morgan fingerprint density at radius 2 is 2.00 bits per heavy atom. The highest BCUT2D eigenvalue weighted by atomic mass is 35.5. The first kappa shape index (κ1) is 15.2. The van der Waals surface area contributed by atoms with Crippen LogP contribution in [-0.4, -0.2) is 41.1 Å². The maximum absolute atomic E-state index is 6.08. The first-order valence-corrected chi connectivity index (χ1v) is 6.56. The van der Waals surface area contributed by atoms with Gasteiger partial charge in [0, 0.05) is 5.54 Å². The van der Waals surface area contributed by atoms with Gasteiger partial charge >= 0.3 is 0 Å². The summed E-state index contributed by atoms with van der Waals surface area (Å²) in [6.45, 7) is 6.89. The zero-order valence-electron chi connectivity index (χ0n) is 11.8. The molecule has 0 atom stereocenters. The Balaban J connectivity index is 2.82. The maximum Gasteiger partial charge on any atom is 0.221 e. The summed E-state index contributed by atoms with van der Waals surface area (Å²) in [5.41, 5.74) is 0.845. The molecular weight excluding hydrogens is 250 g/mol. The van der Waals surface area contributed by atoms with Crippen molar-refractivity contribution in [3.8, 4) is 5.88 Å². The van der Waals surface area contributed by atoms with Crippen LogP contribution in [0.2, 0.25) is 5.15 Å². The highest BCUT2D eigenvalue weighted by molar-refractivity contribution is 6.30. The van der Waals surface area contributed by atoms with E-state index in [2.05, 4.69) is 35.6 Å². The molecule has 0 N–H and O–H groups in total. The molecule has 1 heterocycles. The van der Waals surface area contributed by atoms with Crippen molar-refractivity contribution in [1.82, 2.24) is 14.9 Å². The van der Waals surface area contributed by atoms with Gasteiger partial charge in [-0.05, 0) is 34.4 Å². The normalized spacial score (nSPS) is 11.9. The van der Waals surface area contributed by atoms with Crippen molar-refractivity contribution in [3.05, 3.63) is 17.0 Å². The van der Waals surface area contributed by atoms with Crippen LogP contribution < -0.4 is 4.74 Å². The van der Waals surface area contributed by atoms with Crippen molar-refractivity contribution >= 4 is 11.6 Å². The van der Waals surface area contributed by atoms with Crippen LogP contribution in [0.1, 0.15) is 32.8 Å². The summed E-state index contributed by atoms with van der Waals surface area (Å²) >= 11 is 6.08. The summed E-state index contributed by atoms with van der Waals surface area (Å²) in [4.78, 5) is 10.3. The Morgan fingerprint density at radius 1 is 1.33 bits per heavy atom. The van der Waals surface area contributed by atoms with Gasteiger partial charge in [-0.25, -0.2) is 9.97 Å². The number of ether oxygens (including phenoxy) is 1. The zero-order valence-corrected chi connectivity index (χ0v) is 12.6. The topological polar surface area (TPSA) is 38.3 Å². The second-order valence-electron chi connectivity index (χ2n) is 5.19. The predicted octanol–water partition coefficient (Wildman–Crippen LogP) is 2.80. The molecule has 0 aromatic carbocycles. The Morgan fingerprint density at radius 3 is 2.56 bits per heavy atom. The van der Waals surface area contributed by atoms with E-state index in [0.717, 1.165) is 18.4 Å². The zero-order chi connectivity index (χ0) is 13.8. The van der Waals surface area contributed by atoms with Crippen LogP contribution in [0.5, 0.6) is 5.88 Å². The standard InChI is InChI=1S/C13H22ClN3O/c1-6-7-10-11(14)15-9-16-12(10)18-8-13(2,3)17(4)5/h9H,6-8H2,1-5H3. The molecule has 5 heteroatoms. The first-order chi connectivity index (χ1) is 8.38. The van der Waals surface area contributed by atoms with Gasteiger partial charge in [0.2, 0.25) is 5.88 Å². The fourth-order valence-corrected chi connectivity index (χ4v) is 1.55. The highest BCUT2D eigenvalue weighted by Gasteiger charge is 2.22. The quantitative estimate of drug-likeness (QED) is 0.746. The van der Waals surface area contributed by atoms with E-state index < -0.39 is 0 Å². The van der Waals surface area contributed by atoms with Gasteiger partial charge in [0.05, 0.1) is 5.56 Å². The fraction of sp³-hybridized carbons (Fsp3) is 0.692. The van der Waals surface area contributed by atoms with Crippen LogP contribution in [0.4, 0.5) is 0 Å². The minimum Gasteiger partial charge on any atom is -0.475 e. The molecule has 0 aliphatic rings. The Bertz CT molecular complexity index is 394. The number of hydrogen-bond donors (Lipinski definition) is 0. The van der Waals surface area contributed by atoms with E-state index in [1.807, 2.05) is 14.1 Å². The number of nitrogens with zero attached hydrogens (tertiary/aromatic N) is 3. The lowest BCUT2D eigenvalue weighted by Crippen LogP contribution is -2.43. The van der Waals surface area contributed by atoms with Gasteiger partial charge in [-0.2, -0.15) is 0 Å². The fourth-order valence-electron chi connectivity index (χ4n) is 1.33. The molecule has 0 aliphatic carbocycles. The molecule has 18 heavy (non-hydrogen) atoms. The summed E-state index contributed by atoms with van der Waals surface area (Å²) < 4.78 is 5.82. The van der Waals surface area contributed by atoms with Crippen molar-refractivity contribution in [1.29, 1.82) is 0 Å². The molecule has 0 bridgehead atoms. The molecule has 0 fully saturated rings. The van der Waals surface area contributed by atoms with Crippen molar-refractivity contribution in [2.24, 2.45) is 0 Å². The number of rotatable bonds is 6. The molecule has 0 saturated carbocycles. The number of aromatic nitrogens is 2. The van der Waals surface area contributed by atoms with Crippen LogP contribution >= 0.6 is 11.6 Å². The van der Waals surface area contributed by atoms with E-state index >= 15 is 0 Å². The van der Waals surface area contributed by atoms with E-state index in [1.165, 1.54) is 6.33 Å². The van der Waals surface area contributed by atoms with Crippen LogP contribution in [0.15, 0.2) is 6.33 Å². The second kappa shape index (κ2) is 6.34. The third-order valence-corrected chi connectivity index (χ3v) is 3.45. The lowest BCUT2D eigenvalue weighted by molar-refractivity contribution is 0.110. The van der Waals surface area contributed by atoms with Crippen LogP contribution in [0.3, 0.4) is 0 Å². The summed E-state index contributed by atoms with van der Waals surface area (Å²) in [6.07, 6.45) is 3.26. The molecule has 0 aliphatic heterocycles. The average molecular weight is 272 g/mol. The largest absolute Gasteiger partial charge is 0.475 e. The molecule has 0 radical (unpaired) electrons. The Hall–Kier alpha value is -0.870. The van der Waals surface area contributed by atoms with Gasteiger partial charge in [0.1, 0.15) is 18.1 Å². The Labute approximate surface area is 114 Å². The number of halogens is 1. The molecule has 0 unspecified atom stereocenters. The lowest BCUT2D eigenvalue weighted by Gasteiger charge is -2.32. The molecule has 0 amide bonds. The smallest absolute Gasteiger partial charge is 0.221 e. The van der Waals surface area contributed by atoms with Crippen molar-refractivity contribution in [3.63, 3.8) is 0 Å². The summed E-state index contributed by atoms with van der Waals surface area (Å²) in [5, 5.41) is 0.490. The first-order valence-electron chi connectivity index (χ1n) is 6.18. The van der Waals surface area contributed by atoms with Gasteiger partial charge < -0.3 is 9.64 Å². The lowest BCUT2D eigenvalue weighted by atomic mass is 10.1. The summed E-state index contributed by atoms with van der Waals surface area (Å²) in [5.74, 6) is 0.603. The van der Waals surface area contributed by atoms with E-state index in [4.69, 9.17) is 16.3 Å². The molecule has 0 spiro atoms. The van der Waals surface area contributed by atoms with Crippen LogP contribution in [0.25, 0.3) is 0 Å². The van der Waals surface area contributed by atoms with Gasteiger partial charge in [0.15, 0.2) is 0 Å². The maximum atomic E-state index is 6.08. The molecule has 1 rings (SSSR count). The van der Waals surface area contributed by atoms with E-state index in [0.29, 0.717) is 17.6 Å². The molecule has 4 nitrogen and oxygen atoms in total. The minimum absolute atomic E-state index is 0.0547. The summed E-state index contributed by atoms with van der Waals surface area (Å²) in [6, 6.07) is 0. The van der Waals surface area contributed by atoms with Gasteiger partial charge in [-0.15, -0.1) is 0 Å². The molecule has 0 saturated heterocycles. The predicted molar refractivity (Wildman–Crippen MR) is 74.3 cm³/mol. The van der Waals surface area contributed by atoms with E-state index in [-0.39, 0.29) is 5.54 Å². The SMILES string of the molecule is CCCc1c(Cl)ncnc1OCC(C)(C)N(C)C. The molecule has 1 aromatic heterocycles. The van der Waals surface area contributed by atoms with Gasteiger partial charge in [-0.3, -0.25) is 0 Å². The van der Waals surface area contributed by atoms with E-state index in [1.54, 1.807) is 0 Å². The van der Waals surface area contributed by atoms with Crippen molar-refractivity contribution in [2.45, 2.75) is 39.2 Å².